The van der Waals surface area contributed by atoms with Gasteiger partial charge in [-0.1, -0.05) is 12.2 Å². The van der Waals surface area contributed by atoms with E-state index in [0.29, 0.717) is 17.7 Å². The minimum absolute atomic E-state index is 0.0526. The van der Waals surface area contributed by atoms with E-state index in [2.05, 4.69) is 18.5 Å². The van der Waals surface area contributed by atoms with Gasteiger partial charge in [-0.15, -0.1) is 13.2 Å². The molecule has 17 heavy (non-hydrogen) atoms. The van der Waals surface area contributed by atoms with Gasteiger partial charge in [0, 0.05) is 32.1 Å². The number of fused-ring (bicyclic) bond motifs is 1. The Morgan fingerprint density at radius 1 is 1.24 bits per heavy atom. The molecule has 0 aromatic rings. The molecule has 0 radical (unpaired) electrons. The highest BCUT2D eigenvalue weighted by atomic mass is 16.2. The van der Waals surface area contributed by atoms with Crippen molar-refractivity contribution in [3.8, 4) is 0 Å². The van der Waals surface area contributed by atoms with Crippen LogP contribution in [0.25, 0.3) is 0 Å². The Morgan fingerprint density at radius 3 is 2.24 bits per heavy atom. The monoisotopic (exact) mass is 234 g/mol. The lowest BCUT2D eigenvalue weighted by molar-refractivity contribution is -0.134. The Bertz CT molecular complexity index is 291. The molecule has 1 amide bonds. The first-order valence-electron chi connectivity index (χ1n) is 6.47. The third kappa shape index (κ3) is 2.60. The molecular weight excluding hydrogens is 212 g/mol. The fourth-order valence-electron chi connectivity index (χ4n) is 2.99. The van der Waals surface area contributed by atoms with E-state index in [9.17, 15) is 4.79 Å². The van der Waals surface area contributed by atoms with Gasteiger partial charge in [0.1, 0.15) is 0 Å². The molecule has 2 aliphatic rings. The molecule has 0 aromatic heterocycles. The van der Waals surface area contributed by atoms with Crippen LogP contribution in [0.4, 0.5) is 0 Å². The van der Waals surface area contributed by atoms with Crippen LogP contribution >= 0.6 is 0 Å². The summed E-state index contributed by atoms with van der Waals surface area (Å²) in [5, 5.41) is 3.39. The molecule has 2 fully saturated rings. The lowest BCUT2D eigenvalue weighted by Gasteiger charge is -2.22. The van der Waals surface area contributed by atoms with Crippen LogP contribution in [0.5, 0.6) is 0 Å². The zero-order chi connectivity index (χ0) is 12.3. The molecule has 2 aliphatic heterocycles. The topological polar surface area (TPSA) is 32.3 Å². The van der Waals surface area contributed by atoms with Gasteiger partial charge < -0.3 is 10.2 Å². The molecule has 3 heteroatoms. The molecule has 0 saturated carbocycles. The molecule has 94 valence electrons. The number of rotatable bonds is 5. The molecule has 2 saturated heterocycles. The number of carbonyl (C=O) groups is 1. The molecule has 0 spiro atoms. The van der Waals surface area contributed by atoms with Crippen molar-refractivity contribution in [1.29, 1.82) is 0 Å². The second-order valence-corrected chi connectivity index (χ2v) is 5.17. The van der Waals surface area contributed by atoms with Crippen LogP contribution in [0.3, 0.4) is 0 Å². The maximum atomic E-state index is 12.4. The second-order valence-electron chi connectivity index (χ2n) is 5.17. The van der Waals surface area contributed by atoms with Gasteiger partial charge in [-0.25, -0.2) is 0 Å². The minimum Gasteiger partial charge on any atom is -0.342 e. The van der Waals surface area contributed by atoms with E-state index in [0.717, 1.165) is 39.0 Å². The highest BCUT2D eigenvalue weighted by Crippen LogP contribution is 2.28. The normalized spacial score (nSPS) is 27.2. The van der Waals surface area contributed by atoms with E-state index in [4.69, 9.17) is 0 Å². The Morgan fingerprint density at radius 2 is 1.76 bits per heavy atom. The average Bonchev–Trinajstić information content (AvgIpc) is 2.87. The second kappa shape index (κ2) is 5.50. The molecule has 0 bridgehead atoms. The van der Waals surface area contributed by atoms with Gasteiger partial charge in [0.25, 0.3) is 0 Å². The quantitative estimate of drug-likeness (QED) is 0.730. The Kier molecular flexibility index (Phi) is 4.00. The average molecular weight is 234 g/mol. The first kappa shape index (κ1) is 12.4. The SMILES string of the molecule is C=CCC(CC=C)C(=O)N1C[C@H]2CNC[C@H]2C1. The van der Waals surface area contributed by atoms with Gasteiger partial charge in [-0.2, -0.15) is 0 Å². The van der Waals surface area contributed by atoms with Crippen LogP contribution in [-0.4, -0.2) is 37.0 Å². The van der Waals surface area contributed by atoms with E-state index in [-0.39, 0.29) is 5.92 Å². The van der Waals surface area contributed by atoms with Crippen LogP contribution in [-0.2, 0) is 4.79 Å². The molecular formula is C14H22N2O. The summed E-state index contributed by atoms with van der Waals surface area (Å²) in [5.41, 5.74) is 0. The number of nitrogens with one attached hydrogen (secondary N) is 1. The predicted octanol–water partition coefficient (Wildman–Crippen LogP) is 1.43. The van der Waals surface area contributed by atoms with Gasteiger partial charge in [0.05, 0.1) is 0 Å². The summed E-state index contributed by atoms with van der Waals surface area (Å²) in [5.74, 6) is 1.69. The van der Waals surface area contributed by atoms with Crippen molar-refractivity contribution in [3.05, 3.63) is 25.3 Å². The van der Waals surface area contributed by atoms with Gasteiger partial charge in [0.15, 0.2) is 0 Å². The van der Waals surface area contributed by atoms with Crippen molar-refractivity contribution in [1.82, 2.24) is 10.2 Å². The van der Waals surface area contributed by atoms with Gasteiger partial charge >= 0.3 is 0 Å². The minimum atomic E-state index is 0.0526. The fraction of sp³-hybridized carbons (Fsp3) is 0.643. The molecule has 3 nitrogen and oxygen atoms in total. The van der Waals surface area contributed by atoms with Gasteiger partial charge in [0.2, 0.25) is 5.91 Å². The lowest BCUT2D eigenvalue weighted by atomic mass is 10.00. The molecule has 1 N–H and O–H groups in total. The zero-order valence-electron chi connectivity index (χ0n) is 10.4. The first-order valence-corrected chi connectivity index (χ1v) is 6.47. The predicted molar refractivity (Wildman–Crippen MR) is 69.5 cm³/mol. The van der Waals surface area contributed by atoms with Crippen molar-refractivity contribution in [2.75, 3.05) is 26.2 Å². The number of hydrogen-bond acceptors (Lipinski definition) is 2. The van der Waals surface area contributed by atoms with Crippen LogP contribution < -0.4 is 5.32 Å². The summed E-state index contributed by atoms with van der Waals surface area (Å²) in [7, 11) is 0. The number of nitrogens with zero attached hydrogens (tertiary/aromatic N) is 1. The molecule has 2 atom stereocenters. The summed E-state index contributed by atoms with van der Waals surface area (Å²) in [6.07, 6.45) is 5.19. The number of allylic oxidation sites excluding steroid dienone is 2. The maximum absolute atomic E-state index is 12.4. The zero-order valence-corrected chi connectivity index (χ0v) is 10.4. The molecule has 0 unspecified atom stereocenters. The maximum Gasteiger partial charge on any atom is 0.226 e. The number of hydrogen-bond donors (Lipinski definition) is 1. The van der Waals surface area contributed by atoms with Crippen LogP contribution in [0.15, 0.2) is 25.3 Å². The van der Waals surface area contributed by atoms with Gasteiger partial charge in [-0.3, -0.25) is 4.79 Å². The van der Waals surface area contributed by atoms with Crippen molar-refractivity contribution in [2.24, 2.45) is 17.8 Å². The Hall–Kier alpha value is -1.09. The summed E-state index contributed by atoms with van der Waals surface area (Å²) < 4.78 is 0. The van der Waals surface area contributed by atoms with Crippen molar-refractivity contribution >= 4 is 5.91 Å². The largest absolute Gasteiger partial charge is 0.342 e. The fourth-order valence-corrected chi connectivity index (χ4v) is 2.99. The molecule has 0 aromatic carbocycles. The van der Waals surface area contributed by atoms with Crippen molar-refractivity contribution in [3.63, 3.8) is 0 Å². The van der Waals surface area contributed by atoms with Crippen LogP contribution in [0.1, 0.15) is 12.8 Å². The third-order valence-electron chi connectivity index (χ3n) is 3.95. The van der Waals surface area contributed by atoms with E-state index in [1.54, 1.807) is 0 Å². The van der Waals surface area contributed by atoms with E-state index < -0.39 is 0 Å². The highest BCUT2D eigenvalue weighted by Gasteiger charge is 2.39. The third-order valence-corrected chi connectivity index (χ3v) is 3.95. The highest BCUT2D eigenvalue weighted by molar-refractivity contribution is 5.79. The van der Waals surface area contributed by atoms with Crippen molar-refractivity contribution in [2.45, 2.75) is 12.8 Å². The van der Waals surface area contributed by atoms with E-state index >= 15 is 0 Å². The first-order chi connectivity index (χ1) is 8.26. The van der Waals surface area contributed by atoms with Crippen LogP contribution in [0, 0.1) is 17.8 Å². The Labute approximate surface area is 104 Å². The van der Waals surface area contributed by atoms with E-state index in [1.165, 1.54) is 0 Å². The molecule has 2 rings (SSSR count). The number of carbonyl (C=O) groups excluding carboxylic acids is 1. The Balaban J connectivity index is 1.94. The molecule has 2 heterocycles. The van der Waals surface area contributed by atoms with E-state index in [1.807, 2.05) is 17.1 Å². The number of amides is 1. The van der Waals surface area contributed by atoms with Crippen molar-refractivity contribution < 1.29 is 4.79 Å². The summed E-state index contributed by atoms with van der Waals surface area (Å²) in [4.78, 5) is 14.4. The standard InChI is InChI=1S/C14H22N2O/c1-3-5-11(6-4-2)14(17)16-9-12-7-15-8-13(12)10-16/h3-4,11-13,15H,1-2,5-10H2/t12-,13+. The van der Waals surface area contributed by atoms with Gasteiger partial charge in [-0.05, 0) is 24.7 Å². The smallest absolute Gasteiger partial charge is 0.226 e. The summed E-state index contributed by atoms with van der Waals surface area (Å²) in [6, 6.07) is 0. The summed E-state index contributed by atoms with van der Waals surface area (Å²) >= 11 is 0. The van der Waals surface area contributed by atoms with Crippen LogP contribution in [0.2, 0.25) is 0 Å². The summed E-state index contributed by atoms with van der Waals surface area (Å²) in [6.45, 7) is 11.5. The molecule has 0 aliphatic carbocycles. The number of likely N-dealkylation sites (tertiary alicyclic amines) is 1. The lowest BCUT2D eigenvalue weighted by Crippen LogP contribution is -2.36.